The van der Waals surface area contributed by atoms with Gasteiger partial charge in [0.15, 0.2) is 5.60 Å². The molecule has 5 heteroatoms. The van der Waals surface area contributed by atoms with Crippen LogP contribution in [-0.4, -0.2) is 16.6 Å². The van der Waals surface area contributed by atoms with Crippen LogP contribution in [-0.2, 0) is 16.1 Å². The van der Waals surface area contributed by atoms with E-state index in [2.05, 4.69) is 4.98 Å². The second-order valence-electron chi connectivity index (χ2n) is 5.41. The van der Waals surface area contributed by atoms with Crippen LogP contribution < -0.4 is 4.74 Å². The van der Waals surface area contributed by atoms with Crippen LogP contribution in [0.3, 0.4) is 0 Å². The minimum atomic E-state index is -1.10. The highest BCUT2D eigenvalue weighted by Crippen LogP contribution is 2.22. The summed E-state index contributed by atoms with van der Waals surface area (Å²) in [5.41, 5.74) is 0.485. The second kappa shape index (κ2) is 6.79. The molecule has 0 radical (unpaired) electrons. The third-order valence-electron chi connectivity index (χ3n) is 2.98. The lowest BCUT2D eigenvalue weighted by molar-refractivity contribution is -0.160. The number of carbonyl (C=O) groups is 1. The minimum absolute atomic E-state index is 0.119. The highest BCUT2D eigenvalue weighted by Gasteiger charge is 2.32. The summed E-state index contributed by atoms with van der Waals surface area (Å²) < 4.78 is 11.0. The fourth-order valence-electron chi connectivity index (χ4n) is 1.83. The first-order valence-corrected chi connectivity index (χ1v) is 7.29. The molecule has 0 aliphatic rings. The third-order valence-corrected chi connectivity index (χ3v) is 3.23. The number of esters is 1. The van der Waals surface area contributed by atoms with Crippen LogP contribution in [0, 0.1) is 6.92 Å². The van der Waals surface area contributed by atoms with Crippen molar-refractivity contribution in [1.29, 1.82) is 0 Å². The average Bonchev–Trinajstić information content (AvgIpc) is 2.47. The van der Waals surface area contributed by atoms with Crippen LogP contribution >= 0.6 is 11.6 Å². The molecule has 0 fully saturated rings. The molecular weight excluding hydrogens is 302 g/mol. The number of carbonyl (C=O) groups excluding carboxylic acids is 1. The van der Waals surface area contributed by atoms with E-state index in [1.54, 1.807) is 38.1 Å². The summed E-state index contributed by atoms with van der Waals surface area (Å²) in [6.07, 6.45) is 0. The van der Waals surface area contributed by atoms with E-state index in [9.17, 15) is 4.79 Å². The number of halogens is 1. The lowest BCUT2D eigenvalue weighted by Crippen LogP contribution is -2.39. The van der Waals surface area contributed by atoms with Gasteiger partial charge in [-0.05, 0) is 57.2 Å². The summed E-state index contributed by atoms with van der Waals surface area (Å²) in [4.78, 5) is 16.5. The summed E-state index contributed by atoms with van der Waals surface area (Å²) >= 11 is 5.82. The van der Waals surface area contributed by atoms with E-state index in [0.717, 1.165) is 5.69 Å². The largest absolute Gasteiger partial charge is 0.476 e. The van der Waals surface area contributed by atoms with Gasteiger partial charge in [-0.3, -0.25) is 4.98 Å². The Morgan fingerprint density at radius 3 is 2.50 bits per heavy atom. The van der Waals surface area contributed by atoms with Gasteiger partial charge in [-0.25, -0.2) is 4.79 Å². The molecule has 1 aromatic carbocycles. The van der Waals surface area contributed by atoms with Crippen molar-refractivity contribution in [2.75, 3.05) is 0 Å². The zero-order valence-electron chi connectivity index (χ0n) is 12.8. The molecule has 4 nitrogen and oxygen atoms in total. The van der Waals surface area contributed by atoms with Gasteiger partial charge in [-0.1, -0.05) is 17.7 Å². The molecule has 0 amide bonds. The maximum Gasteiger partial charge on any atom is 0.350 e. The lowest BCUT2D eigenvalue weighted by atomic mass is 10.1. The number of rotatable bonds is 5. The van der Waals surface area contributed by atoms with Gasteiger partial charge in [0, 0.05) is 10.7 Å². The molecule has 1 aromatic heterocycles. The van der Waals surface area contributed by atoms with Gasteiger partial charge in [0.25, 0.3) is 0 Å². The number of aromatic nitrogens is 1. The number of aryl methyl sites for hydroxylation is 1. The van der Waals surface area contributed by atoms with E-state index < -0.39 is 11.6 Å². The van der Waals surface area contributed by atoms with Crippen LogP contribution in [0.4, 0.5) is 0 Å². The van der Waals surface area contributed by atoms with Crippen LogP contribution in [0.2, 0.25) is 5.02 Å². The maximum atomic E-state index is 12.2. The maximum absolute atomic E-state index is 12.2. The van der Waals surface area contributed by atoms with Crippen LogP contribution in [0.15, 0.2) is 42.5 Å². The smallest absolute Gasteiger partial charge is 0.350 e. The molecular formula is C17H18ClNO3. The lowest BCUT2D eigenvalue weighted by Gasteiger charge is -2.24. The predicted octanol–water partition coefficient (Wildman–Crippen LogP) is 3.94. The summed E-state index contributed by atoms with van der Waals surface area (Å²) in [7, 11) is 0. The molecule has 0 aliphatic heterocycles. The summed E-state index contributed by atoms with van der Waals surface area (Å²) in [6, 6.07) is 12.4. The first-order chi connectivity index (χ1) is 10.4. The van der Waals surface area contributed by atoms with Gasteiger partial charge < -0.3 is 9.47 Å². The Morgan fingerprint density at radius 1 is 1.18 bits per heavy atom. The third kappa shape index (κ3) is 4.46. The highest BCUT2D eigenvalue weighted by atomic mass is 35.5. The highest BCUT2D eigenvalue weighted by molar-refractivity contribution is 6.30. The summed E-state index contributed by atoms with van der Waals surface area (Å²) in [6.45, 7) is 5.33. The van der Waals surface area contributed by atoms with Crippen molar-refractivity contribution in [1.82, 2.24) is 4.98 Å². The zero-order chi connectivity index (χ0) is 16.2. The number of pyridine rings is 1. The van der Waals surface area contributed by atoms with E-state index in [0.29, 0.717) is 16.5 Å². The summed E-state index contributed by atoms with van der Waals surface area (Å²) in [5, 5.41) is 0.609. The minimum Gasteiger partial charge on any atom is -0.476 e. The normalized spacial score (nSPS) is 11.1. The molecule has 0 unspecified atom stereocenters. The summed E-state index contributed by atoms with van der Waals surface area (Å²) in [5.74, 6) is 0.103. The molecule has 0 bridgehead atoms. The molecule has 0 atom stereocenters. The molecule has 0 saturated heterocycles. The van der Waals surface area contributed by atoms with Gasteiger partial charge in [0.1, 0.15) is 12.4 Å². The van der Waals surface area contributed by atoms with E-state index in [4.69, 9.17) is 21.1 Å². The number of benzene rings is 1. The Balaban J connectivity index is 1.96. The van der Waals surface area contributed by atoms with Crippen molar-refractivity contribution in [2.24, 2.45) is 0 Å². The topological polar surface area (TPSA) is 48.4 Å². The van der Waals surface area contributed by atoms with E-state index >= 15 is 0 Å². The monoisotopic (exact) mass is 319 g/mol. The van der Waals surface area contributed by atoms with Gasteiger partial charge in [0.2, 0.25) is 0 Å². The number of nitrogens with zero attached hydrogens (tertiary/aromatic N) is 1. The van der Waals surface area contributed by atoms with Gasteiger partial charge in [0.05, 0.1) is 5.69 Å². The first-order valence-electron chi connectivity index (χ1n) is 6.91. The number of ether oxygens (including phenoxy) is 2. The molecule has 0 spiro atoms. The van der Waals surface area contributed by atoms with Gasteiger partial charge >= 0.3 is 5.97 Å². The standard InChI is InChI=1S/C17H18ClNO3/c1-12-5-4-6-14(19-12)11-21-16(20)17(2,3)22-15-9-7-13(18)8-10-15/h4-10H,11H2,1-3H3. The van der Waals surface area contributed by atoms with Crippen molar-refractivity contribution < 1.29 is 14.3 Å². The average molecular weight is 320 g/mol. The van der Waals surface area contributed by atoms with E-state index in [1.807, 2.05) is 25.1 Å². The molecule has 0 N–H and O–H groups in total. The SMILES string of the molecule is Cc1cccc(COC(=O)C(C)(C)Oc2ccc(Cl)cc2)n1. The molecule has 116 valence electrons. The quantitative estimate of drug-likeness (QED) is 0.783. The molecule has 2 rings (SSSR count). The van der Waals surface area contributed by atoms with E-state index in [1.165, 1.54) is 0 Å². The van der Waals surface area contributed by atoms with Crippen molar-refractivity contribution >= 4 is 17.6 Å². The Morgan fingerprint density at radius 2 is 1.86 bits per heavy atom. The molecule has 0 aliphatic carbocycles. The Kier molecular flexibility index (Phi) is 5.03. The van der Waals surface area contributed by atoms with Crippen molar-refractivity contribution in [3.63, 3.8) is 0 Å². The fraction of sp³-hybridized carbons (Fsp3) is 0.294. The second-order valence-corrected chi connectivity index (χ2v) is 5.85. The Hall–Kier alpha value is -2.07. The number of hydrogen-bond acceptors (Lipinski definition) is 4. The van der Waals surface area contributed by atoms with Gasteiger partial charge in [-0.15, -0.1) is 0 Å². The van der Waals surface area contributed by atoms with Gasteiger partial charge in [-0.2, -0.15) is 0 Å². The molecule has 22 heavy (non-hydrogen) atoms. The van der Waals surface area contributed by atoms with Crippen LogP contribution in [0.1, 0.15) is 25.2 Å². The Labute approximate surface area is 135 Å². The van der Waals surface area contributed by atoms with E-state index in [-0.39, 0.29) is 6.61 Å². The molecule has 2 aromatic rings. The fourth-order valence-corrected chi connectivity index (χ4v) is 1.96. The molecule has 1 heterocycles. The van der Waals surface area contributed by atoms with Crippen LogP contribution in [0.5, 0.6) is 5.75 Å². The first kappa shape index (κ1) is 16.3. The van der Waals surface area contributed by atoms with Crippen molar-refractivity contribution in [2.45, 2.75) is 33.0 Å². The van der Waals surface area contributed by atoms with Crippen LogP contribution in [0.25, 0.3) is 0 Å². The zero-order valence-corrected chi connectivity index (χ0v) is 13.6. The van der Waals surface area contributed by atoms with Crippen molar-refractivity contribution in [3.8, 4) is 5.75 Å². The predicted molar refractivity (Wildman–Crippen MR) is 84.9 cm³/mol. The number of hydrogen-bond donors (Lipinski definition) is 0. The molecule has 0 saturated carbocycles. The Bertz CT molecular complexity index is 653. The van der Waals surface area contributed by atoms with Crippen molar-refractivity contribution in [3.05, 3.63) is 58.9 Å².